The summed E-state index contributed by atoms with van der Waals surface area (Å²) in [5, 5.41) is 6.08. The molecule has 16 heteroatoms. The molecule has 0 aliphatic carbocycles. The van der Waals surface area contributed by atoms with Gasteiger partial charge >= 0.3 is 25.7 Å². The van der Waals surface area contributed by atoms with Crippen LogP contribution in [0, 0.1) is 0 Å². The summed E-state index contributed by atoms with van der Waals surface area (Å²) >= 11 is 0. The number of likely N-dealkylation sites (tertiary alicyclic amines) is 1. The number of amides is 2. The van der Waals surface area contributed by atoms with Crippen molar-refractivity contribution in [3.05, 3.63) is 0 Å². The van der Waals surface area contributed by atoms with Crippen LogP contribution in [0.15, 0.2) is 0 Å². The molecule has 294 valence electrons. The van der Waals surface area contributed by atoms with E-state index in [0.29, 0.717) is 57.8 Å². The van der Waals surface area contributed by atoms with Crippen LogP contribution in [0.5, 0.6) is 0 Å². The zero-order chi connectivity index (χ0) is 38.7. The van der Waals surface area contributed by atoms with Gasteiger partial charge in [-0.2, -0.15) is 0 Å². The Morgan fingerprint density at radius 3 is 1.44 bits per heavy atom. The minimum absolute atomic E-state index is 0.00667. The van der Waals surface area contributed by atoms with Crippen LogP contribution in [0.4, 0.5) is 0 Å². The van der Waals surface area contributed by atoms with E-state index in [2.05, 4.69) is 70.3 Å². The van der Waals surface area contributed by atoms with Crippen molar-refractivity contribution in [2.75, 3.05) is 52.6 Å². The van der Waals surface area contributed by atoms with Crippen molar-refractivity contribution in [3.63, 3.8) is 0 Å². The average molecular weight is 781 g/mol. The summed E-state index contributed by atoms with van der Waals surface area (Å²) in [6.07, 6.45) is 6.28. The second-order valence-electron chi connectivity index (χ2n) is 15.9. The molecule has 1 saturated heterocycles. The fourth-order valence-electron chi connectivity index (χ4n) is 6.29. The van der Waals surface area contributed by atoms with E-state index in [1.165, 1.54) is 6.42 Å². The second-order valence-corrected chi connectivity index (χ2v) is 31.0. The molecule has 2 N–H and O–H groups in total. The lowest BCUT2D eigenvalue weighted by Crippen LogP contribution is -2.72. The maximum atomic E-state index is 12.4. The summed E-state index contributed by atoms with van der Waals surface area (Å²) in [6, 6.07) is 0. The third kappa shape index (κ3) is 24.2. The van der Waals surface area contributed by atoms with Crippen molar-refractivity contribution in [2.45, 2.75) is 144 Å². The number of Topliss-reactive ketones (excluding diaryl/α,β-unsaturated/α-hetero) is 2. The van der Waals surface area contributed by atoms with Gasteiger partial charge < -0.3 is 46.2 Å². The van der Waals surface area contributed by atoms with Crippen LogP contribution in [0.25, 0.3) is 0 Å². The van der Waals surface area contributed by atoms with Gasteiger partial charge in [0.1, 0.15) is 30.8 Å². The molecule has 1 unspecified atom stereocenters. The number of carbonyl (C=O) groups excluding carboxylic acids is 4. The van der Waals surface area contributed by atoms with Crippen LogP contribution in [-0.4, -0.2) is 121 Å². The predicted molar refractivity (Wildman–Crippen MR) is 210 cm³/mol. The summed E-state index contributed by atoms with van der Waals surface area (Å²) in [4.78, 5) is 47.2. The molecule has 0 aromatic heterocycles. The number of unbranched alkanes of at least 4 members (excludes halogenated alkanes) is 2. The third-order valence-electron chi connectivity index (χ3n) is 7.70. The van der Waals surface area contributed by atoms with Crippen LogP contribution in [0.2, 0.25) is 52.4 Å². The van der Waals surface area contributed by atoms with Gasteiger partial charge in [0.2, 0.25) is 11.8 Å². The number of carbonyl (C=O) groups is 4. The summed E-state index contributed by atoms with van der Waals surface area (Å²) in [6.45, 7) is 28.2. The Kier molecular flexibility index (Phi) is 23.0. The minimum atomic E-state index is -2.78. The quantitative estimate of drug-likeness (QED) is 0.0644. The van der Waals surface area contributed by atoms with Crippen LogP contribution in [-0.2, 0) is 40.7 Å². The Hall–Kier alpha value is -1.09. The lowest BCUT2D eigenvalue weighted by molar-refractivity contribution is -0.969. The zero-order valence-electron chi connectivity index (χ0n) is 34.0. The Labute approximate surface area is 308 Å². The highest BCUT2D eigenvalue weighted by Gasteiger charge is 2.51. The van der Waals surface area contributed by atoms with E-state index in [1.807, 2.05) is 6.55 Å². The van der Waals surface area contributed by atoms with Crippen LogP contribution >= 0.6 is 0 Å². The van der Waals surface area contributed by atoms with Gasteiger partial charge in [0, 0.05) is 32.8 Å². The highest BCUT2D eigenvalue weighted by Crippen LogP contribution is 2.29. The van der Waals surface area contributed by atoms with E-state index in [9.17, 15) is 19.2 Å². The molecule has 2 amide bonds. The van der Waals surface area contributed by atoms with Gasteiger partial charge in [-0.15, -0.1) is 0 Å². The van der Waals surface area contributed by atoms with Crippen molar-refractivity contribution in [2.24, 2.45) is 0 Å². The fraction of sp³-hybridized carbons (Fsp3) is 0.882. The molecule has 1 aliphatic rings. The predicted octanol–water partition coefficient (Wildman–Crippen LogP) is 5.70. The molecule has 0 spiro atoms. The van der Waals surface area contributed by atoms with Gasteiger partial charge in [-0.3, -0.25) is 9.59 Å². The first-order chi connectivity index (χ1) is 23.0. The monoisotopic (exact) mass is 780 g/mol. The summed E-state index contributed by atoms with van der Waals surface area (Å²) in [7, 11) is -8.04. The second kappa shape index (κ2) is 23.5. The summed E-state index contributed by atoms with van der Waals surface area (Å²) in [5.41, 5.74) is 0. The molecule has 1 atom stereocenters. The molecule has 50 heavy (non-hydrogen) atoms. The lowest BCUT2D eigenvalue weighted by atomic mass is 10.1. The molecule has 0 aromatic carbocycles. The maximum Gasteiger partial charge on any atom is 0.344 e. The molecule has 0 saturated carbocycles. The van der Waals surface area contributed by atoms with Gasteiger partial charge in [0.15, 0.2) is 8.32 Å². The first-order valence-corrected chi connectivity index (χ1v) is 30.2. The molecule has 1 heterocycles. The van der Waals surface area contributed by atoms with E-state index < -0.39 is 34.0 Å². The van der Waals surface area contributed by atoms with Crippen LogP contribution < -0.4 is 10.6 Å². The van der Waals surface area contributed by atoms with Crippen molar-refractivity contribution in [3.8, 4) is 0 Å². The van der Waals surface area contributed by atoms with Gasteiger partial charge in [0.05, 0.1) is 32.4 Å². The number of rotatable bonds is 26. The van der Waals surface area contributed by atoms with E-state index in [1.54, 1.807) is 21.0 Å². The Balaban J connectivity index is 0.00000770. The van der Waals surface area contributed by atoms with Crippen molar-refractivity contribution >= 4 is 57.4 Å². The van der Waals surface area contributed by atoms with Crippen molar-refractivity contribution < 1.29 is 45.2 Å². The number of quaternary nitrogens is 1. The molecule has 1 aliphatic heterocycles. The number of ether oxygens (including phenoxy) is 1. The number of hydrogen-bond acceptors (Lipinski definition) is 9. The minimum Gasteiger partial charge on any atom is -0.437 e. The number of nitrogens with zero attached hydrogens (tertiary/aromatic N) is 1. The van der Waals surface area contributed by atoms with Gasteiger partial charge in [-0.05, 0) is 91.9 Å². The molecule has 1 fully saturated rings. The first kappa shape index (κ1) is 48.9. The first-order valence-electron chi connectivity index (χ1n) is 18.6. The van der Waals surface area contributed by atoms with Crippen LogP contribution in [0.3, 0.4) is 0 Å². The molecule has 0 radical (unpaired) electrons. The SMILES string of the molecule is CCC.COC[Si](C)(O[Si](C)(C)OC1C[N+](CCNC(=O)CCCCC(C)=O)(CCNC(=O)CCCCC(C)=O)C1)O[Si](C)(C)O[Si](C)(C)C. The average Bonchev–Trinajstić information content (AvgIpc) is 2.90. The number of hydrogen-bond donors (Lipinski definition) is 2. The highest BCUT2D eigenvalue weighted by atomic mass is 28.5. The van der Waals surface area contributed by atoms with E-state index in [-0.39, 0.29) is 29.5 Å². The van der Waals surface area contributed by atoms with E-state index >= 15 is 0 Å². The summed E-state index contributed by atoms with van der Waals surface area (Å²) < 4.78 is 32.8. The number of methoxy groups -OCH3 is 1. The Bertz CT molecular complexity index is 996. The summed E-state index contributed by atoms with van der Waals surface area (Å²) in [5.74, 6) is 0.276. The largest absolute Gasteiger partial charge is 0.437 e. The van der Waals surface area contributed by atoms with Crippen molar-refractivity contribution in [1.29, 1.82) is 0 Å². The van der Waals surface area contributed by atoms with Crippen LogP contribution in [0.1, 0.15) is 85.5 Å². The molecule has 0 aromatic rings. The topological polar surface area (TPSA) is 138 Å². The van der Waals surface area contributed by atoms with Gasteiger partial charge in [-0.1, -0.05) is 20.3 Å². The third-order valence-corrected chi connectivity index (χ3v) is 21.2. The molecular formula is C34H74N3O9Si4+. The fourth-order valence-corrected chi connectivity index (χ4v) is 23.7. The van der Waals surface area contributed by atoms with Gasteiger partial charge in [0.25, 0.3) is 0 Å². The standard InChI is InChI=1S/C31H65N3O9Si4.C3H8/c1-27(35)16-12-14-18-30(37)32-20-22-34(23-21-33-31(38)19-15-13-17-28(2)36)24-29(25-34)40-45(7,8)42-47(11,26-39-3)43-46(9,10)41-44(4,5)6;1-3-2/h29H,12-26H2,1-11H3,(H-,32,33,37,38);3H2,1-2H3/p+1. The van der Waals surface area contributed by atoms with E-state index in [0.717, 1.165) is 43.5 Å². The Morgan fingerprint density at radius 1 is 0.660 bits per heavy atom. The molecule has 0 bridgehead atoms. The Morgan fingerprint density at radius 2 is 1.06 bits per heavy atom. The lowest BCUT2D eigenvalue weighted by Gasteiger charge is -2.52. The van der Waals surface area contributed by atoms with Crippen molar-refractivity contribution in [1.82, 2.24) is 10.6 Å². The zero-order valence-corrected chi connectivity index (χ0v) is 38.0. The van der Waals surface area contributed by atoms with E-state index in [4.69, 9.17) is 21.5 Å². The number of nitrogens with one attached hydrogen (secondary N) is 2. The smallest absolute Gasteiger partial charge is 0.344 e. The van der Waals surface area contributed by atoms with Gasteiger partial charge in [-0.25, -0.2) is 0 Å². The number of ketones is 2. The normalized spacial score (nSPS) is 16.0. The molecular weight excluding hydrogens is 707 g/mol. The molecule has 1 rings (SSSR count). The highest BCUT2D eigenvalue weighted by molar-refractivity contribution is 6.88. The molecule has 12 nitrogen and oxygen atoms in total. The maximum absolute atomic E-state index is 12.4.